The second-order valence-electron chi connectivity index (χ2n) is 14.6. The Bertz CT molecular complexity index is 3470. The lowest BCUT2D eigenvalue weighted by Gasteiger charge is -2.16. The van der Waals surface area contributed by atoms with E-state index in [0.29, 0.717) is 5.95 Å². The van der Waals surface area contributed by atoms with E-state index in [1.807, 2.05) is 11.3 Å². The van der Waals surface area contributed by atoms with E-state index >= 15 is 0 Å². The van der Waals surface area contributed by atoms with E-state index in [2.05, 4.69) is 193 Å². The first kappa shape index (κ1) is 31.2. The summed E-state index contributed by atoms with van der Waals surface area (Å²) in [6.07, 6.45) is 0. The Kier molecular flexibility index (Phi) is 6.80. The van der Waals surface area contributed by atoms with Gasteiger partial charge in [0, 0.05) is 41.9 Å². The molecule has 3 heterocycles. The van der Waals surface area contributed by atoms with E-state index in [4.69, 9.17) is 9.97 Å². The predicted molar refractivity (Wildman–Crippen MR) is 238 cm³/mol. The van der Waals surface area contributed by atoms with Crippen LogP contribution in [0.5, 0.6) is 0 Å². The van der Waals surface area contributed by atoms with Crippen molar-refractivity contribution < 1.29 is 0 Å². The summed E-state index contributed by atoms with van der Waals surface area (Å²) in [6, 6.07) is 67.9. The van der Waals surface area contributed by atoms with Crippen molar-refractivity contribution in [2.45, 2.75) is 0 Å². The van der Waals surface area contributed by atoms with Crippen molar-refractivity contribution in [3.8, 4) is 39.5 Å². The van der Waals surface area contributed by atoms with Gasteiger partial charge in [0.2, 0.25) is 5.95 Å². The van der Waals surface area contributed by atoms with Gasteiger partial charge in [-0.05, 0) is 98.4 Å². The fourth-order valence-corrected chi connectivity index (χ4v) is 9.91. The summed E-state index contributed by atoms with van der Waals surface area (Å²) in [5.41, 5.74) is 9.66. The van der Waals surface area contributed by atoms with E-state index in [-0.39, 0.29) is 0 Å². The van der Waals surface area contributed by atoms with Crippen LogP contribution in [0.1, 0.15) is 0 Å². The zero-order valence-electron chi connectivity index (χ0n) is 30.1. The lowest BCUT2D eigenvalue weighted by molar-refractivity contribution is 1.02. The molecule has 3 aromatic heterocycles. The van der Waals surface area contributed by atoms with Gasteiger partial charge in [0.1, 0.15) is 0 Å². The molecule has 0 atom stereocenters. The number of aromatic nitrogens is 3. The quantitative estimate of drug-likeness (QED) is 0.169. The molecular formula is C52H31N3S. The van der Waals surface area contributed by atoms with Crippen molar-refractivity contribution >= 4 is 85.8 Å². The Hall–Kier alpha value is -7.14. The van der Waals surface area contributed by atoms with Crippen molar-refractivity contribution in [2.75, 3.05) is 0 Å². The van der Waals surface area contributed by atoms with Crippen molar-refractivity contribution in [2.24, 2.45) is 0 Å². The number of para-hydroxylation sites is 1. The largest absolute Gasteiger partial charge is 0.278 e. The third-order valence-corrected chi connectivity index (χ3v) is 12.5. The first-order valence-electron chi connectivity index (χ1n) is 19.0. The third kappa shape index (κ3) is 4.76. The highest BCUT2D eigenvalue weighted by atomic mass is 32.1. The Balaban J connectivity index is 1.20. The molecular weight excluding hydrogens is 699 g/mol. The summed E-state index contributed by atoms with van der Waals surface area (Å²) in [5, 5.41) is 10.8. The monoisotopic (exact) mass is 729 g/mol. The van der Waals surface area contributed by atoms with Crippen LogP contribution in [0.15, 0.2) is 188 Å². The highest BCUT2D eigenvalue weighted by Crippen LogP contribution is 2.43. The Morgan fingerprint density at radius 3 is 1.79 bits per heavy atom. The lowest BCUT2D eigenvalue weighted by atomic mass is 9.93. The zero-order valence-corrected chi connectivity index (χ0v) is 31.0. The molecule has 0 saturated heterocycles. The SMILES string of the molecule is c1ccc(-c2cc(-c3ccccc3)cc(-c3nc(-n4c5ccccc5c5cc6ccc7sc8ccccc8c7c6cc54)nc4ccc5ccccc5c34)c2)cc1. The molecule has 0 fully saturated rings. The second-order valence-corrected chi connectivity index (χ2v) is 15.6. The van der Waals surface area contributed by atoms with Crippen LogP contribution >= 0.6 is 11.3 Å². The van der Waals surface area contributed by atoms with E-state index in [1.54, 1.807) is 0 Å². The van der Waals surface area contributed by atoms with Gasteiger partial charge in [-0.25, -0.2) is 9.97 Å². The van der Waals surface area contributed by atoms with Crippen molar-refractivity contribution in [3.05, 3.63) is 188 Å². The molecule has 12 rings (SSSR count). The summed E-state index contributed by atoms with van der Waals surface area (Å²) in [7, 11) is 0. The summed E-state index contributed by atoms with van der Waals surface area (Å²) >= 11 is 1.86. The number of hydrogen-bond acceptors (Lipinski definition) is 3. The molecule has 0 aliphatic heterocycles. The molecule has 0 bridgehead atoms. The minimum Gasteiger partial charge on any atom is -0.278 e. The Labute approximate surface area is 326 Å². The summed E-state index contributed by atoms with van der Waals surface area (Å²) in [6.45, 7) is 0. The van der Waals surface area contributed by atoms with Crippen molar-refractivity contribution in [1.82, 2.24) is 14.5 Å². The van der Waals surface area contributed by atoms with Gasteiger partial charge in [-0.1, -0.05) is 133 Å². The average molecular weight is 730 g/mol. The van der Waals surface area contributed by atoms with Crippen LogP contribution in [0.4, 0.5) is 0 Å². The Morgan fingerprint density at radius 1 is 0.357 bits per heavy atom. The Morgan fingerprint density at radius 2 is 1.00 bits per heavy atom. The van der Waals surface area contributed by atoms with Crippen LogP contribution < -0.4 is 0 Å². The molecule has 0 N–H and O–H groups in total. The highest BCUT2D eigenvalue weighted by Gasteiger charge is 2.21. The van der Waals surface area contributed by atoms with Gasteiger partial charge in [-0.2, -0.15) is 0 Å². The highest BCUT2D eigenvalue weighted by molar-refractivity contribution is 7.26. The molecule has 3 nitrogen and oxygen atoms in total. The molecule has 4 heteroatoms. The lowest BCUT2D eigenvalue weighted by Crippen LogP contribution is -2.04. The molecule has 0 aliphatic rings. The van der Waals surface area contributed by atoms with Crippen LogP contribution in [0.2, 0.25) is 0 Å². The predicted octanol–water partition coefficient (Wildman–Crippen LogP) is 14.4. The van der Waals surface area contributed by atoms with Gasteiger partial charge >= 0.3 is 0 Å². The van der Waals surface area contributed by atoms with Gasteiger partial charge in [-0.3, -0.25) is 4.57 Å². The van der Waals surface area contributed by atoms with Gasteiger partial charge < -0.3 is 0 Å². The zero-order chi connectivity index (χ0) is 36.7. The topological polar surface area (TPSA) is 30.7 Å². The standard InChI is InChI=1S/C52H31N3S/c1-3-13-32(14-4-1)36-27-37(33-15-5-2-6-16-33)29-38(28-36)51-50-39-18-8-7-17-34(39)23-25-44(50)53-52(54-51)55-45-21-11-9-19-40(45)43-30-35-24-26-48-49(42(35)31-46(43)55)41-20-10-12-22-47(41)56-48/h1-31H. The molecule has 9 aromatic carbocycles. The minimum atomic E-state index is 0.655. The minimum absolute atomic E-state index is 0.655. The number of fused-ring (bicyclic) bond motifs is 11. The number of rotatable bonds is 4. The van der Waals surface area contributed by atoms with Crippen LogP contribution in [0.25, 0.3) is 114 Å². The van der Waals surface area contributed by atoms with Crippen molar-refractivity contribution in [1.29, 1.82) is 0 Å². The fourth-order valence-electron chi connectivity index (χ4n) is 8.79. The normalized spacial score (nSPS) is 11.9. The van der Waals surface area contributed by atoms with Gasteiger partial charge in [0.25, 0.3) is 0 Å². The van der Waals surface area contributed by atoms with Gasteiger partial charge in [-0.15, -0.1) is 11.3 Å². The van der Waals surface area contributed by atoms with E-state index in [1.165, 1.54) is 41.7 Å². The molecule has 56 heavy (non-hydrogen) atoms. The smallest absolute Gasteiger partial charge is 0.235 e. The number of benzene rings is 9. The van der Waals surface area contributed by atoms with Crippen LogP contribution in [-0.4, -0.2) is 14.5 Å². The summed E-state index contributed by atoms with van der Waals surface area (Å²) in [5.74, 6) is 0.655. The number of hydrogen-bond donors (Lipinski definition) is 0. The molecule has 0 spiro atoms. The molecule has 0 radical (unpaired) electrons. The molecule has 12 aromatic rings. The summed E-state index contributed by atoms with van der Waals surface area (Å²) < 4.78 is 4.89. The molecule has 0 saturated carbocycles. The molecule has 0 aliphatic carbocycles. The van der Waals surface area contributed by atoms with Crippen LogP contribution in [0, 0.1) is 0 Å². The van der Waals surface area contributed by atoms with Gasteiger partial charge in [0.05, 0.1) is 22.2 Å². The maximum absolute atomic E-state index is 5.67. The first-order valence-corrected chi connectivity index (χ1v) is 19.8. The first-order chi connectivity index (χ1) is 27.7. The van der Waals surface area contributed by atoms with E-state index in [9.17, 15) is 0 Å². The number of nitrogens with zero attached hydrogens (tertiary/aromatic N) is 3. The second kappa shape index (κ2) is 12.2. The maximum atomic E-state index is 5.67. The van der Waals surface area contributed by atoms with Gasteiger partial charge in [0.15, 0.2) is 0 Å². The number of thiophene rings is 1. The summed E-state index contributed by atoms with van der Waals surface area (Å²) in [4.78, 5) is 11.1. The molecule has 0 unspecified atom stereocenters. The van der Waals surface area contributed by atoms with E-state index in [0.717, 1.165) is 66.2 Å². The van der Waals surface area contributed by atoms with Crippen LogP contribution in [-0.2, 0) is 0 Å². The van der Waals surface area contributed by atoms with Crippen LogP contribution in [0.3, 0.4) is 0 Å². The maximum Gasteiger partial charge on any atom is 0.235 e. The third-order valence-electron chi connectivity index (χ3n) is 11.3. The average Bonchev–Trinajstić information content (AvgIpc) is 3.81. The molecule has 260 valence electrons. The fraction of sp³-hybridized carbons (Fsp3) is 0. The van der Waals surface area contributed by atoms with Crippen molar-refractivity contribution in [3.63, 3.8) is 0 Å². The van der Waals surface area contributed by atoms with E-state index < -0.39 is 0 Å². The molecule has 0 amide bonds.